The molecule has 0 aromatic carbocycles. The topological polar surface area (TPSA) is 95.2 Å². The molecule has 68 valence electrons. The first-order chi connectivity index (χ1) is 5.65. The van der Waals surface area contributed by atoms with Crippen LogP contribution in [0.2, 0.25) is 0 Å². The summed E-state index contributed by atoms with van der Waals surface area (Å²) in [5, 5.41) is 25.0. The van der Waals surface area contributed by atoms with Crippen molar-refractivity contribution in [2.24, 2.45) is 0 Å². The molecule has 0 amide bonds. The molecule has 5 N–H and O–H groups in total. The summed E-state index contributed by atoms with van der Waals surface area (Å²) >= 11 is 3.04. The van der Waals surface area contributed by atoms with E-state index in [4.69, 9.17) is 5.73 Å². The van der Waals surface area contributed by atoms with E-state index in [0.29, 0.717) is 16.8 Å². The van der Waals surface area contributed by atoms with Gasteiger partial charge in [0.2, 0.25) is 0 Å². The molecular formula is C6H10BrN3O2. The van der Waals surface area contributed by atoms with Crippen molar-refractivity contribution in [3.63, 3.8) is 0 Å². The van der Waals surface area contributed by atoms with E-state index in [1.807, 2.05) is 0 Å². The van der Waals surface area contributed by atoms with Crippen LogP contribution in [-0.4, -0.2) is 31.8 Å². The van der Waals surface area contributed by atoms with Crippen LogP contribution in [0.25, 0.3) is 0 Å². The lowest BCUT2D eigenvalue weighted by Crippen LogP contribution is -2.19. The van der Waals surface area contributed by atoms with Gasteiger partial charge in [0.25, 0.3) is 0 Å². The molecule has 0 saturated carbocycles. The van der Waals surface area contributed by atoms with E-state index in [2.05, 4.69) is 26.1 Å². The molecule has 0 spiro atoms. The van der Waals surface area contributed by atoms with Crippen molar-refractivity contribution >= 4 is 21.7 Å². The largest absolute Gasteiger partial charge is 0.389 e. The average molecular weight is 236 g/mol. The van der Waals surface area contributed by atoms with Crippen molar-refractivity contribution in [3.8, 4) is 0 Å². The van der Waals surface area contributed by atoms with Crippen molar-refractivity contribution in [3.05, 3.63) is 11.8 Å². The molecule has 2 unspecified atom stereocenters. The molecule has 1 aromatic heterocycles. The van der Waals surface area contributed by atoms with Crippen LogP contribution in [-0.2, 0) is 0 Å². The molecular weight excluding hydrogens is 226 g/mol. The number of hydrogen-bond donors (Lipinski definition) is 4. The number of nitrogen functional groups attached to an aromatic ring is 1. The molecule has 2 atom stereocenters. The number of aliphatic hydroxyl groups excluding tert-OH is 2. The lowest BCUT2D eigenvalue weighted by molar-refractivity contribution is 0.0315. The second-order valence-electron chi connectivity index (χ2n) is 2.41. The fourth-order valence-corrected chi connectivity index (χ4v) is 1.15. The molecule has 0 aliphatic rings. The van der Waals surface area contributed by atoms with Gasteiger partial charge in [-0.05, 0) is 0 Å². The normalized spacial score (nSPS) is 15.9. The van der Waals surface area contributed by atoms with Crippen LogP contribution in [0, 0.1) is 0 Å². The Balaban J connectivity index is 2.70. The molecule has 1 rings (SSSR count). The Labute approximate surface area is 77.7 Å². The molecule has 0 aliphatic carbocycles. The Hall–Kier alpha value is -0.590. The first kappa shape index (κ1) is 9.50. The maximum atomic E-state index is 9.40. The highest BCUT2D eigenvalue weighted by Gasteiger charge is 2.18. The number of alkyl halides is 1. The van der Waals surface area contributed by atoms with Gasteiger partial charge in [0.05, 0.1) is 11.8 Å². The van der Waals surface area contributed by atoms with Crippen LogP contribution in [0.3, 0.4) is 0 Å². The van der Waals surface area contributed by atoms with Crippen LogP contribution in [0.1, 0.15) is 11.8 Å². The Bertz CT molecular complexity index is 253. The number of halogens is 1. The van der Waals surface area contributed by atoms with Gasteiger partial charge in [-0.1, -0.05) is 15.9 Å². The maximum absolute atomic E-state index is 9.40. The predicted molar refractivity (Wildman–Crippen MR) is 47.8 cm³/mol. The van der Waals surface area contributed by atoms with Crippen LogP contribution in [0.4, 0.5) is 5.82 Å². The number of nitrogens with two attached hydrogens (primary N) is 1. The van der Waals surface area contributed by atoms with E-state index in [1.54, 1.807) is 0 Å². The number of aromatic nitrogens is 2. The summed E-state index contributed by atoms with van der Waals surface area (Å²) in [6.07, 6.45) is -1.83. The third kappa shape index (κ3) is 1.96. The Morgan fingerprint density at radius 1 is 1.67 bits per heavy atom. The summed E-state index contributed by atoms with van der Waals surface area (Å²) in [4.78, 5) is 0. The molecule has 5 nitrogen and oxygen atoms in total. The number of nitrogens with zero attached hydrogens (tertiary/aromatic N) is 1. The summed E-state index contributed by atoms with van der Waals surface area (Å²) in [5.41, 5.74) is 5.73. The Morgan fingerprint density at radius 2 is 2.33 bits per heavy atom. The number of aromatic amines is 1. The zero-order valence-corrected chi connectivity index (χ0v) is 7.82. The molecule has 0 radical (unpaired) electrons. The zero-order chi connectivity index (χ0) is 9.14. The molecule has 12 heavy (non-hydrogen) atoms. The maximum Gasteiger partial charge on any atom is 0.145 e. The minimum Gasteiger partial charge on any atom is -0.389 e. The van der Waals surface area contributed by atoms with Gasteiger partial charge < -0.3 is 15.9 Å². The van der Waals surface area contributed by atoms with Gasteiger partial charge in [0.15, 0.2) is 0 Å². The van der Waals surface area contributed by atoms with E-state index in [9.17, 15) is 10.2 Å². The van der Waals surface area contributed by atoms with E-state index in [0.717, 1.165) is 0 Å². The SMILES string of the molecule is Nc1cc(C(O)C(O)CBr)[nH]n1. The molecule has 1 aromatic rings. The van der Waals surface area contributed by atoms with E-state index in [-0.39, 0.29) is 0 Å². The van der Waals surface area contributed by atoms with E-state index in [1.165, 1.54) is 6.07 Å². The quantitative estimate of drug-likeness (QED) is 0.545. The molecule has 0 saturated heterocycles. The smallest absolute Gasteiger partial charge is 0.145 e. The highest BCUT2D eigenvalue weighted by molar-refractivity contribution is 9.09. The van der Waals surface area contributed by atoms with E-state index < -0.39 is 12.2 Å². The Morgan fingerprint density at radius 3 is 2.75 bits per heavy atom. The third-order valence-electron chi connectivity index (χ3n) is 1.46. The average Bonchev–Trinajstić information content (AvgIpc) is 2.49. The zero-order valence-electron chi connectivity index (χ0n) is 6.24. The van der Waals surface area contributed by atoms with Crippen LogP contribution in [0.15, 0.2) is 6.07 Å². The fraction of sp³-hybridized carbons (Fsp3) is 0.500. The van der Waals surface area contributed by atoms with Crippen LogP contribution < -0.4 is 5.73 Å². The first-order valence-electron chi connectivity index (χ1n) is 3.38. The van der Waals surface area contributed by atoms with Crippen LogP contribution in [0.5, 0.6) is 0 Å². The number of H-pyrrole nitrogens is 1. The second kappa shape index (κ2) is 3.88. The molecule has 6 heteroatoms. The third-order valence-corrected chi connectivity index (χ3v) is 2.12. The lowest BCUT2D eigenvalue weighted by Gasteiger charge is -2.12. The molecule has 0 fully saturated rings. The van der Waals surface area contributed by atoms with Gasteiger partial charge in [-0.15, -0.1) is 0 Å². The second-order valence-corrected chi connectivity index (χ2v) is 3.06. The monoisotopic (exact) mass is 235 g/mol. The summed E-state index contributed by atoms with van der Waals surface area (Å²) in [5.74, 6) is 0.297. The summed E-state index contributed by atoms with van der Waals surface area (Å²) in [6.45, 7) is 0. The van der Waals surface area contributed by atoms with Gasteiger partial charge in [-0.25, -0.2) is 0 Å². The summed E-state index contributed by atoms with van der Waals surface area (Å²) < 4.78 is 0. The van der Waals surface area contributed by atoms with Gasteiger partial charge in [-0.3, -0.25) is 5.10 Å². The lowest BCUT2D eigenvalue weighted by atomic mass is 10.2. The van der Waals surface area contributed by atoms with Gasteiger partial charge >= 0.3 is 0 Å². The van der Waals surface area contributed by atoms with Gasteiger partial charge in [0.1, 0.15) is 11.9 Å². The van der Waals surface area contributed by atoms with Crippen molar-refractivity contribution in [2.75, 3.05) is 11.1 Å². The van der Waals surface area contributed by atoms with Crippen molar-refractivity contribution in [1.82, 2.24) is 10.2 Å². The van der Waals surface area contributed by atoms with E-state index >= 15 is 0 Å². The number of rotatable bonds is 3. The van der Waals surface area contributed by atoms with Crippen LogP contribution >= 0.6 is 15.9 Å². The number of aliphatic hydroxyl groups is 2. The Kier molecular flexibility index (Phi) is 3.07. The van der Waals surface area contributed by atoms with Gasteiger partial charge in [-0.2, -0.15) is 5.10 Å². The molecule has 0 aliphatic heterocycles. The summed E-state index contributed by atoms with van der Waals surface area (Å²) in [7, 11) is 0. The molecule has 1 heterocycles. The van der Waals surface area contributed by atoms with Crippen molar-refractivity contribution in [2.45, 2.75) is 12.2 Å². The fourth-order valence-electron chi connectivity index (χ4n) is 0.796. The standard InChI is InChI=1S/C6H10BrN3O2/c7-2-4(11)6(12)3-1-5(8)10-9-3/h1,4,6,11-12H,2H2,(H3,8,9,10). The minimum atomic E-state index is -0.978. The predicted octanol–water partition coefficient (Wildman–Crippen LogP) is -0.219. The van der Waals surface area contributed by atoms with Crippen molar-refractivity contribution < 1.29 is 10.2 Å². The number of anilines is 1. The summed E-state index contributed by atoms with van der Waals surface area (Å²) in [6, 6.07) is 1.48. The number of hydrogen-bond acceptors (Lipinski definition) is 4. The highest BCUT2D eigenvalue weighted by Crippen LogP contribution is 2.16. The van der Waals surface area contributed by atoms with Crippen molar-refractivity contribution in [1.29, 1.82) is 0 Å². The number of nitrogens with one attached hydrogen (secondary N) is 1. The molecule has 0 bridgehead atoms. The highest BCUT2D eigenvalue weighted by atomic mass is 79.9. The minimum absolute atomic E-state index is 0.297. The first-order valence-corrected chi connectivity index (χ1v) is 4.50. The van der Waals surface area contributed by atoms with Gasteiger partial charge in [0, 0.05) is 11.4 Å².